The Bertz CT molecular complexity index is 712. The molecule has 1 aliphatic heterocycles. The molecule has 7 heteroatoms. The lowest BCUT2D eigenvalue weighted by Crippen LogP contribution is -2.41. The first-order valence-electron chi connectivity index (χ1n) is 8.62. The molecule has 2 aromatic rings. The highest BCUT2D eigenvalue weighted by atomic mass is 127. The Morgan fingerprint density at radius 1 is 1.31 bits per heavy atom. The normalized spacial score (nSPS) is 17.3. The second-order valence-electron chi connectivity index (χ2n) is 5.89. The number of guanidine groups is 1. The summed E-state index contributed by atoms with van der Waals surface area (Å²) in [6.45, 7) is 3.73. The smallest absolute Gasteiger partial charge is 0.191 e. The molecule has 1 aromatic carbocycles. The lowest BCUT2D eigenvalue weighted by Gasteiger charge is -2.28. The lowest BCUT2D eigenvalue weighted by molar-refractivity contribution is 0.187. The summed E-state index contributed by atoms with van der Waals surface area (Å²) < 4.78 is 5.71. The van der Waals surface area contributed by atoms with Gasteiger partial charge in [0.1, 0.15) is 5.75 Å². The van der Waals surface area contributed by atoms with E-state index in [1.807, 2.05) is 25.1 Å². The third-order valence-corrected chi connectivity index (χ3v) is 4.13. The molecule has 2 atom stereocenters. The minimum absolute atomic E-state index is 0. The van der Waals surface area contributed by atoms with Crippen molar-refractivity contribution in [3.63, 3.8) is 0 Å². The van der Waals surface area contributed by atoms with Crippen LogP contribution in [0, 0.1) is 0 Å². The number of nitrogens with zero attached hydrogens (tertiary/aromatic N) is 2. The van der Waals surface area contributed by atoms with Crippen LogP contribution < -0.4 is 15.4 Å². The Balaban J connectivity index is 0.00000243. The zero-order chi connectivity index (χ0) is 17.5. The van der Waals surface area contributed by atoms with Gasteiger partial charge in [-0.25, -0.2) is 0 Å². The van der Waals surface area contributed by atoms with Crippen LogP contribution in [0.4, 0.5) is 0 Å². The zero-order valence-corrected chi connectivity index (χ0v) is 17.1. The van der Waals surface area contributed by atoms with Gasteiger partial charge in [-0.15, -0.1) is 24.0 Å². The minimum atomic E-state index is -0.652. The molecule has 140 valence electrons. The van der Waals surface area contributed by atoms with Gasteiger partial charge in [-0.2, -0.15) is 0 Å². The second kappa shape index (κ2) is 10.3. The Labute approximate surface area is 171 Å². The average Bonchev–Trinajstić information content (AvgIpc) is 2.67. The van der Waals surface area contributed by atoms with E-state index in [2.05, 4.69) is 26.7 Å². The summed E-state index contributed by atoms with van der Waals surface area (Å²) >= 11 is 0. The van der Waals surface area contributed by atoms with Crippen molar-refractivity contribution < 1.29 is 9.84 Å². The fourth-order valence-corrected chi connectivity index (χ4v) is 2.85. The summed E-state index contributed by atoms with van der Waals surface area (Å²) in [6.07, 6.45) is 3.56. The standard InChI is InChI=1S/C19H24N4O2.HI/c1-2-21-19(22-13-17(24)14-7-10-20-11-8-14)23-16-9-12-25-18-6-4-3-5-15(16)18;/h3-8,10-11,16-17,24H,2,9,12-13H2,1H3,(H2,21,22,23);1H. The molecule has 0 fully saturated rings. The van der Waals surface area contributed by atoms with Crippen molar-refractivity contribution in [2.24, 2.45) is 4.99 Å². The number of pyridine rings is 1. The topological polar surface area (TPSA) is 78.8 Å². The summed E-state index contributed by atoms with van der Waals surface area (Å²) in [7, 11) is 0. The maximum absolute atomic E-state index is 10.3. The Hall–Kier alpha value is -1.87. The van der Waals surface area contributed by atoms with Crippen LogP contribution in [-0.4, -0.2) is 35.7 Å². The van der Waals surface area contributed by atoms with E-state index in [0.717, 1.165) is 29.8 Å². The van der Waals surface area contributed by atoms with Crippen LogP contribution in [0.5, 0.6) is 5.75 Å². The first-order valence-corrected chi connectivity index (χ1v) is 8.62. The Morgan fingerprint density at radius 2 is 2.08 bits per heavy atom. The maximum atomic E-state index is 10.3. The van der Waals surface area contributed by atoms with Gasteiger partial charge in [-0.05, 0) is 30.7 Å². The molecule has 3 rings (SSSR count). The van der Waals surface area contributed by atoms with Crippen molar-refractivity contribution in [3.8, 4) is 5.75 Å². The fraction of sp³-hybridized carbons (Fsp3) is 0.368. The van der Waals surface area contributed by atoms with Gasteiger partial charge in [0.2, 0.25) is 0 Å². The van der Waals surface area contributed by atoms with Gasteiger partial charge in [0, 0.05) is 30.9 Å². The summed E-state index contributed by atoms with van der Waals surface area (Å²) in [5.74, 6) is 1.61. The van der Waals surface area contributed by atoms with Gasteiger partial charge >= 0.3 is 0 Å². The quantitative estimate of drug-likeness (QED) is 0.358. The van der Waals surface area contributed by atoms with E-state index in [-0.39, 0.29) is 36.6 Å². The van der Waals surface area contributed by atoms with E-state index >= 15 is 0 Å². The van der Waals surface area contributed by atoms with Crippen LogP contribution in [-0.2, 0) is 0 Å². The number of hydrogen-bond donors (Lipinski definition) is 3. The number of aliphatic hydroxyl groups is 1. The van der Waals surface area contributed by atoms with E-state index in [4.69, 9.17) is 4.74 Å². The third kappa shape index (κ3) is 5.31. The minimum Gasteiger partial charge on any atom is -0.493 e. The fourth-order valence-electron chi connectivity index (χ4n) is 2.85. The molecule has 6 nitrogen and oxygen atoms in total. The van der Waals surface area contributed by atoms with Gasteiger partial charge < -0.3 is 20.5 Å². The van der Waals surface area contributed by atoms with Gasteiger partial charge in [0.25, 0.3) is 0 Å². The van der Waals surface area contributed by atoms with Crippen LogP contribution >= 0.6 is 24.0 Å². The highest BCUT2D eigenvalue weighted by Gasteiger charge is 2.21. The van der Waals surface area contributed by atoms with Crippen LogP contribution in [0.1, 0.15) is 36.6 Å². The van der Waals surface area contributed by atoms with Crippen molar-refractivity contribution in [3.05, 3.63) is 59.9 Å². The number of rotatable bonds is 5. The molecule has 0 amide bonds. The Morgan fingerprint density at radius 3 is 2.85 bits per heavy atom. The van der Waals surface area contributed by atoms with E-state index < -0.39 is 6.10 Å². The van der Waals surface area contributed by atoms with Gasteiger partial charge in [0.05, 0.1) is 25.3 Å². The number of para-hydroxylation sites is 1. The molecule has 0 saturated carbocycles. The third-order valence-electron chi connectivity index (χ3n) is 4.13. The molecule has 1 aliphatic rings. The molecule has 0 aliphatic carbocycles. The number of aliphatic hydroxyl groups excluding tert-OH is 1. The van der Waals surface area contributed by atoms with Crippen molar-refractivity contribution in [2.45, 2.75) is 25.5 Å². The molecule has 0 radical (unpaired) electrons. The van der Waals surface area contributed by atoms with Crippen LogP contribution in [0.3, 0.4) is 0 Å². The van der Waals surface area contributed by atoms with E-state index in [1.165, 1.54) is 0 Å². The summed E-state index contributed by atoms with van der Waals surface area (Å²) in [4.78, 5) is 8.51. The molecule has 1 aromatic heterocycles. The number of nitrogens with one attached hydrogen (secondary N) is 2. The molecule has 0 saturated heterocycles. The molecule has 2 heterocycles. The summed E-state index contributed by atoms with van der Waals surface area (Å²) in [5.41, 5.74) is 1.94. The summed E-state index contributed by atoms with van der Waals surface area (Å²) in [5, 5.41) is 17.0. The van der Waals surface area contributed by atoms with E-state index in [1.54, 1.807) is 24.5 Å². The SMILES string of the molecule is CCNC(=NCC(O)c1ccncc1)NC1CCOc2ccccc21.I. The molecule has 0 spiro atoms. The van der Waals surface area contributed by atoms with Gasteiger partial charge in [-0.1, -0.05) is 18.2 Å². The van der Waals surface area contributed by atoms with Crippen molar-refractivity contribution in [1.82, 2.24) is 15.6 Å². The van der Waals surface area contributed by atoms with Crippen LogP contribution in [0.2, 0.25) is 0 Å². The molecule has 0 bridgehead atoms. The number of benzene rings is 1. The maximum Gasteiger partial charge on any atom is 0.191 e. The zero-order valence-electron chi connectivity index (χ0n) is 14.8. The number of halogens is 1. The van der Waals surface area contributed by atoms with Crippen molar-refractivity contribution >= 4 is 29.9 Å². The number of hydrogen-bond acceptors (Lipinski definition) is 4. The average molecular weight is 468 g/mol. The van der Waals surface area contributed by atoms with E-state index in [9.17, 15) is 5.11 Å². The Kier molecular flexibility index (Phi) is 8.11. The number of aliphatic imine (C=N–C) groups is 1. The number of aromatic nitrogens is 1. The first kappa shape index (κ1) is 20.4. The highest BCUT2D eigenvalue weighted by molar-refractivity contribution is 14.0. The largest absolute Gasteiger partial charge is 0.493 e. The molecular weight excluding hydrogens is 443 g/mol. The second-order valence-corrected chi connectivity index (χ2v) is 5.89. The number of ether oxygens (including phenoxy) is 1. The predicted octanol–water partition coefficient (Wildman–Crippen LogP) is 2.81. The first-order chi connectivity index (χ1) is 12.3. The molecule has 3 N–H and O–H groups in total. The van der Waals surface area contributed by atoms with Crippen molar-refractivity contribution in [1.29, 1.82) is 0 Å². The molecule has 2 unspecified atom stereocenters. The predicted molar refractivity (Wildman–Crippen MR) is 113 cm³/mol. The lowest BCUT2D eigenvalue weighted by atomic mass is 10.0. The number of fused-ring (bicyclic) bond motifs is 1. The highest BCUT2D eigenvalue weighted by Crippen LogP contribution is 2.31. The van der Waals surface area contributed by atoms with Crippen LogP contribution in [0.15, 0.2) is 53.8 Å². The molecular formula is C19H25IN4O2. The monoisotopic (exact) mass is 468 g/mol. The van der Waals surface area contributed by atoms with Crippen LogP contribution in [0.25, 0.3) is 0 Å². The molecule has 26 heavy (non-hydrogen) atoms. The van der Waals surface area contributed by atoms with Gasteiger partial charge in [-0.3, -0.25) is 9.98 Å². The van der Waals surface area contributed by atoms with Gasteiger partial charge in [0.15, 0.2) is 5.96 Å². The van der Waals surface area contributed by atoms with E-state index in [0.29, 0.717) is 12.6 Å². The summed E-state index contributed by atoms with van der Waals surface area (Å²) in [6, 6.07) is 11.8. The van der Waals surface area contributed by atoms with Crippen molar-refractivity contribution in [2.75, 3.05) is 19.7 Å².